The first kappa shape index (κ1) is 20.9. The van der Waals surface area contributed by atoms with Crippen molar-refractivity contribution in [2.24, 2.45) is 0 Å². The number of thiazole rings is 1. The first-order chi connectivity index (χ1) is 14.0. The monoisotopic (exact) mass is 413 g/mol. The Balaban J connectivity index is 1.68. The summed E-state index contributed by atoms with van der Waals surface area (Å²) in [5.41, 5.74) is 1.49. The zero-order valence-electron chi connectivity index (χ0n) is 15.9. The molecule has 1 amide bonds. The number of nitrogens with one attached hydrogen (secondary N) is 2. The molecule has 29 heavy (non-hydrogen) atoms. The number of hydrogen-bond donors (Lipinski definition) is 2. The van der Waals surface area contributed by atoms with E-state index in [-0.39, 0.29) is 12.3 Å². The molecule has 2 aromatic rings. The average Bonchev–Trinajstić information content (AvgIpc) is 2.91. The maximum Gasteiger partial charge on any atom is 0.251 e. The van der Waals surface area contributed by atoms with Crippen molar-refractivity contribution < 1.29 is 13.9 Å². The third-order valence-electron chi connectivity index (χ3n) is 4.53. The van der Waals surface area contributed by atoms with Crippen molar-refractivity contribution in [2.45, 2.75) is 31.9 Å². The molecule has 1 saturated heterocycles. The fourth-order valence-corrected chi connectivity index (χ4v) is 3.83. The molecule has 9 heteroatoms. The van der Waals surface area contributed by atoms with Crippen molar-refractivity contribution in [3.05, 3.63) is 40.2 Å². The van der Waals surface area contributed by atoms with Gasteiger partial charge in [-0.3, -0.25) is 4.79 Å². The third kappa shape index (κ3) is 5.15. The average molecular weight is 413 g/mol. The van der Waals surface area contributed by atoms with E-state index in [1.54, 1.807) is 19.1 Å². The van der Waals surface area contributed by atoms with Crippen LogP contribution in [0.1, 0.15) is 22.6 Å². The lowest BCUT2D eigenvalue weighted by Crippen LogP contribution is -2.46. The van der Waals surface area contributed by atoms with Crippen molar-refractivity contribution in [3.63, 3.8) is 0 Å². The molecule has 2 heterocycles. The highest BCUT2D eigenvalue weighted by Crippen LogP contribution is 2.28. The molecule has 2 atom stereocenters. The number of aryl methyl sites for hydroxylation is 1. The van der Waals surface area contributed by atoms with E-state index in [0.717, 1.165) is 13.0 Å². The molecule has 0 bridgehead atoms. The van der Waals surface area contributed by atoms with Gasteiger partial charge in [-0.25, -0.2) is 9.37 Å². The number of nitriles is 2. The van der Waals surface area contributed by atoms with Gasteiger partial charge in [-0.1, -0.05) is 12.1 Å². The number of carbonyl (C=O) groups excluding carboxylic acids is 1. The molecule has 0 radical (unpaired) electrons. The number of ether oxygens (including phenoxy) is 1. The molecule has 1 fully saturated rings. The fourth-order valence-electron chi connectivity index (χ4n) is 2.97. The van der Waals surface area contributed by atoms with E-state index in [1.165, 1.54) is 17.4 Å². The van der Waals surface area contributed by atoms with Crippen molar-refractivity contribution in [1.82, 2.24) is 15.6 Å². The number of amides is 1. The lowest BCUT2D eigenvalue weighted by molar-refractivity contribution is -0.132. The second-order valence-electron chi connectivity index (χ2n) is 6.66. The topological polar surface area (TPSA) is 111 Å². The number of carbonyl (C=O) groups is 1. The predicted octanol–water partition coefficient (Wildman–Crippen LogP) is 2.06. The van der Waals surface area contributed by atoms with E-state index in [4.69, 9.17) is 10.00 Å². The van der Waals surface area contributed by atoms with Crippen LogP contribution in [0.4, 0.5) is 4.39 Å². The van der Waals surface area contributed by atoms with Gasteiger partial charge < -0.3 is 15.4 Å². The molecule has 0 aliphatic carbocycles. The highest BCUT2D eigenvalue weighted by Gasteiger charge is 2.24. The Morgan fingerprint density at radius 3 is 3.03 bits per heavy atom. The summed E-state index contributed by atoms with van der Waals surface area (Å²) in [4.78, 5) is 17.1. The zero-order valence-corrected chi connectivity index (χ0v) is 16.7. The maximum absolute atomic E-state index is 14.6. The molecule has 7 nitrogen and oxygen atoms in total. The Kier molecular flexibility index (Phi) is 6.89. The Morgan fingerprint density at radius 2 is 2.34 bits per heavy atom. The minimum Gasteiger partial charge on any atom is -0.367 e. The molecule has 1 aromatic heterocycles. The molecule has 3 rings (SSSR count). The molecule has 150 valence electrons. The molecule has 1 aliphatic rings. The van der Waals surface area contributed by atoms with Gasteiger partial charge in [0, 0.05) is 25.1 Å². The van der Waals surface area contributed by atoms with Gasteiger partial charge in [-0.2, -0.15) is 10.5 Å². The van der Waals surface area contributed by atoms with Crippen molar-refractivity contribution >= 4 is 17.2 Å². The largest absolute Gasteiger partial charge is 0.367 e. The fraction of sp³-hybridized carbons (Fsp3) is 0.400. The van der Waals surface area contributed by atoms with Crippen LogP contribution in [0.15, 0.2) is 18.2 Å². The number of hydrogen-bond acceptors (Lipinski definition) is 7. The number of halogens is 1. The Bertz CT molecular complexity index is 970. The van der Waals surface area contributed by atoms with Gasteiger partial charge in [0.2, 0.25) is 0 Å². The van der Waals surface area contributed by atoms with Crippen molar-refractivity contribution in [2.75, 3.05) is 19.7 Å². The van der Waals surface area contributed by atoms with Crippen LogP contribution in [-0.4, -0.2) is 42.7 Å². The van der Waals surface area contributed by atoms with E-state index >= 15 is 0 Å². The van der Waals surface area contributed by atoms with E-state index in [0.29, 0.717) is 39.9 Å². The van der Waals surface area contributed by atoms with E-state index in [1.807, 2.05) is 6.07 Å². The van der Waals surface area contributed by atoms with Gasteiger partial charge in [0.1, 0.15) is 33.9 Å². The van der Waals surface area contributed by atoms with Crippen LogP contribution in [0.2, 0.25) is 0 Å². The highest BCUT2D eigenvalue weighted by atomic mass is 32.1. The first-order valence-electron chi connectivity index (χ1n) is 9.20. The van der Waals surface area contributed by atoms with Gasteiger partial charge >= 0.3 is 0 Å². The minimum absolute atomic E-state index is 0.0366. The summed E-state index contributed by atoms with van der Waals surface area (Å²) < 4.78 is 20.1. The number of aromatic nitrogens is 1. The number of rotatable bonds is 5. The summed E-state index contributed by atoms with van der Waals surface area (Å²) in [5.74, 6) is -0.874. The Hall–Kier alpha value is -2.85. The number of nitrogens with zero attached hydrogens (tertiary/aromatic N) is 3. The standard InChI is InChI=1S/C20H20FN5O2S/c1-12-18(10-23)29-20(25-12)14-4-3-13(16(21)8-14)7-15(9-22)26-19(27)17-11-24-5-2-6-28-17/h3-4,8,15,17,24H,2,5-7,11H2,1H3,(H,26,27)/t15-,17?/m0/s1. The maximum atomic E-state index is 14.6. The summed E-state index contributed by atoms with van der Waals surface area (Å²) in [7, 11) is 0. The van der Waals surface area contributed by atoms with Gasteiger partial charge in [-0.05, 0) is 31.5 Å². The number of benzene rings is 1. The molecule has 0 saturated carbocycles. The van der Waals surface area contributed by atoms with Crippen molar-refractivity contribution in [1.29, 1.82) is 10.5 Å². The van der Waals surface area contributed by atoms with Gasteiger partial charge in [0.25, 0.3) is 5.91 Å². The Morgan fingerprint density at radius 1 is 1.52 bits per heavy atom. The summed E-state index contributed by atoms with van der Waals surface area (Å²) in [6, 6.07) is 7.81. The molecule has 1 aromatic carbocycles. The van der Waals surface area contributed by atoms with Gasteiger partial charge in [-0.15, -0.1) is 11.3 Å². The lowest BCUT2D eigenvalue weighted by atomic mass is 10.0. The highest BCUT2D eigenvalue weighted by molar-refractivity contribution is 7.15. The molecular weight excluding hydrogens is 393 g/mol. The summed E-state index contributed by atoms with van der Waals surface area (Å²) >= 11 is 1.20. The zero-order chi connectivity index (χ0) is 20.8. The molecule has 2 N–H and O–H groups in total. The first-order valence-corrected chi connectivity index (χ1v) is 10.0. The quantitative estimate of drug-likeness (QED) is 0.776. The van der Waals surface area contributed by atoms with E-state index < -0.39 is 18.0 Å². The van der Waals surface area contributed by atoms with Crippen LogP contribution in [0, 0.1) is 35.4 Å². The molecule has 1 unspecified atom stereocenters. The molecule has 0 spiro atoms. The summed E-state index contributed by atoms with van der Waals surface area (Å²) in [6.45, 7) is 3.36. The van der Waals surface area contributed by atoms with Crippen LogP contribution in [0.25, 0.3) is 10.6 Å². The van der Waals surface area contributed by atoms with Gasteiger partial charge in [0.05, 0.1) is 11.8 Å². The van der Waals surface area contributed by atoms with Crippen LogP contribution in [0.3, 0.4) is 0 Å². The second kappa shape index (κ2) is 9.57. The summed E-state index contributed by atoms with van der Waals surface area (Å²) in [5, 5.41) is 24.7. The van der Waals surface area contributed by atoms with Crippen LogP contribution >= 0.6 is 11.3 Å². The second-order valence-corrected chi connectivity index (χ2v) is 7.66. The minimum atomic E-state index is -0.873. The van der Waals surface area contributed by atoms with Crippen LogP contribution in [0.5, 0.6) is 0 Å². The molecular formula is C20H20FN5O2S. The van der Waals surface area contributed by atoms with Crippen LogP contribution < -0.4 is 10.6 Å². The van der Waals surface area contributed by atoms with E-state index in [2.05, 4.69) is 21.7 Å². The van der Waals surface area contributed by atoms with Gasteiger partial charge in [0.15, 0.2) is 0 Å². The molecule has 1 aliphatic heterocycles. The SMILES string of the molecule is Cc1nc(-c2ccc(C[C@@H](C#N)NC(=O)C3CNCCCO3)c(F)c2)sc1C#N. The van der Waals surface area contributed by atoms with Crippen LogP contribution in [-0.2, 0) is 16.0 Å². The van der Waals surface area contributed by atoms with Crippen molar-refractivity contribution in [3.8, 4) is 22.7 Å². The lowest BCUT2D eigenvalue weighted by Gasteiger charge is -2.18. The normalized spacial score (nSPS) is 17.6. The smallest absolute Gasteiger partial charge is 0.251 e. The third-order valence-corrected chi connectivity index (χ3v) is 5.64. The van der Waals surface area contributed by atoms with E-state index in [9.17, 15) is 14.4 Å². The predicted molar refractivity (Wildman–Crippen MR) is 105 cm³/mol. The summed E-state index contributed by atoms with van der Waals surface area (Å²) in [6.07, 6.45) is 0.190. The Labute approximate surface area is 172 Å².